The highest BCUT2D eigenvalue weighted by Gasteiger charge is 1.96. The molecule has 0 atom stereocenters. The van der Waals surface area contributed by atoms with Gasteiger partial charge in [0.05, 0.1) is 6.54 Å². The van der Waals surface area contributed by atoms with Gasteiger partial charge in [0.15, 0.2) is 0 Å². The van der Waals surface area contributed by atoms with Gasteiger partial charge in [0, 0.05) is 18.4 Å². The highest BCUT2D eigenvalue weighted by molar-refractivity contribution is 5.73. The van der Waals surface area contributed by atoms with E-state index < -0.39 is 0 Å². The van der Waals surface area contributed by atoms with E-state index >= 15 is 0 Å². The molecule has 0 fully saturated rings. The van der Waals surface area contributed by atoms with Crippen molar-refractivity contribution < 1.29 is 4.79 Å². The van der Waals surface area contributed by atoms with Crippen LogP contribution in [-0.2, 0) is 6.54 Å². The van der Waals surface area contributed by atoms with Gasteiger partial charge in [0.25, 0.3) is 0 Å². The number of aromatic amines is 1. The lowest BCUT2D eigenvalue weighted by molar-refractivity contribution is 0.241. The average Bonchev–Trinajstić information content (AvgIpc) is 2.53. The highest BCUT2D eigenvalue weighted by Crippen LogP contribution is 1.91. The first-order chi connectivity index (χ1) is 5.83. The van der Waals surface area contributed by atoms with Gasteiger partial charge in [-0.2, -0.15) is 0 Å². The summed E-state index contributed by atoms with van der Waals surface area (Å²) in [5.41, 5.74) is 1.00. The van der Waals surface area contributed by atoms with Gasteiger partial charge in [0.2, 0.25) is 0 Å². The maximum Gasteiger partial charge on any atom is 0.315 e. The van der Waals surface area contributed by atoms with Crippen molar-refractivity contribution in [1.82, 2.24) is 15.6 Å². The molecule has 1 heterocycles. The van der Waals surface area contributed by atoms with Gasteiger partial charge in [-0.15, -0.1) is 0 Å². The summed E-state index contributed by atoms with van der Waals surface area (Å²) in [6.45, 7) is 3.07. The Morgan fingerprint density at radius 2 is 2.42 bits per heavy atom. The minimum Gasteiger partial charge on any atom is -0.364 e. The lowest BCUT2D eigenvalue weighted by Crippen LogP contribution is -2.34. The minimum absolute atomic E-state index is 0.132. The van der Waals surface area contributed by atoms with Crippen LogP contribution in [0.25, 0.3) is 0 Å². The van der Waals surface area contributed by atoms with E-state index in [9.17, 15) is 4.79 Å². The molecule has 4 nitrogen and oxygen atoms in total. The summed E-state index contributed by atoms with van der Waals surface area (Å²) >= 11 is 0. The van der Waals surface area contributed by atoms with Crippen molar-refractivity contribution >= 4 is 6.03 Å². The van der Waals surface area contributed by atoms with Gasteiger partial charge in [-0.1, -0.05) is 0 Å². The number of carbonyl (C=O) groups is 1. The zero-order valence-corrected chi connectivity index (χ0v) is 7.05. The van der Waals surface area contributed by atoms with Gasteiger partial charge in [-0.25, -0.2) is 4.79 Å². The molecule has 0 aliphatic carbocycles. The number of rotatable bonds is 3. The zero-order chi connectivity index (χ0) is 8.81. The van der Waals surface area contributed by atoms with Crippen molar-refractivity contribution in [2.45, 2.75) is 13.5 Å². The lowest BCUT2D eigenvalue weighted by Gasteiger charge is -2.03. The number of H-pyrrole nitrogens is 1. The molecule has 0 spiro atoms. The van der Waals surface area contributed by atoms with E-state index in [4.69, 9.17) is 0 Å². The first-order valence-electron chi connectivity index (χ1n) is 3.97. The first kappa shape index (κ1) is 8.64. The second kappa shape index (κ2) is 4.43. The molecule has 12 heavy (non-hydrogen) atoms. The third-order valence-electron chi connectivity index (χ3n) is 1.44. The van der Waals surface area contributed by atoms with Crippen molar-refractivity contribution in [3.8, 4) is 0 Å². The summed E-state index contributed by atoms with van der Waals surface area (Å²) in [6.07, 6.45) is 1.83. The molecule has 0 aromatic carbocycles. The predicted octanol–water partition coefficient (Wildman–Crippen LogP) is 0.834. The summed E-state index contributed by atoms with van der Waals surface area (Å²) in [5, 5.41) is 5.35. The molecule has 0 saturated heterocycles. The number of amides is 2. The molecule has 0 saturated carbocycles. The zero-order valence-electron chi connectivity index (χ0n) is 7.05. The van der Waals surface area contributed by atoms with Crippen LogP contribution >= 0.6 is 0 Å². The Bertz CT molecular complexity index is 230. The van der Waals surface area contributed by atoms with E-state index in [0.717, 1.165) is 5.69 Å². The van der Waals surface area contributed by atoms with Gasteiger partial charge in [0.1, 0.15) is 0 Å². The van der Waals surface area contributed by atoms with Crippen LogP contribution in [0.4, 0.5) is 4.79 Å². The van der Waals surface area contributed by atoms with E-state index in [0.29, 0.717) is 13.1 Å². The molecule has 0 unspecified atom stereocenters. The second-order valence-electron chi connectivity index (χ2n) is 2.41. The molecule has 0 radical (unpaired) electrons. The van der Waals surface area contributed by atoms with Crippen LogP contribution in [0.3, 0.4) is 0 Å². The number of hydrogen-bond donors (Lipinski definition) is 3. The van der Waals surface area contributed by atoms with Crippen molar-refractivity contribution in [1.29, 1.82) is 0 Å². The monoisotopic (exact) mass is 167 g/mol. The number of nitrogens with one attached hydrogen (secondary N) is 3. The minimum atomic E-state index is -0.132. The van der Waals surface area contributed by atoms with Gasteiger partial charge in [-0.3, -0.25) is 0 Å². The van der Waals surface area contributed by atoms with Crippen LogP contribution < -0.4 is 10.6 Å². The summed E-state index contributed by atoms with van der Waals surface area (Å²) < 4.78 is 0. The number of hydrogen-bond acceptors (Lipinski definition) is 1. The fraction of sp³-hybridized carbons (Fsp3) is 0.375. The van der Waals surface area contributed by atoms with Crippen LogP contribution in [0, 0.1) is 0 Å². The molecule has 0 bridgehead atoms. The van der Waals surface area contributed by atoms with E-state index in [1.54, 1.807) is 0 Å². The molecule has 2 amide bonds. The summed E-state index contributed by atoms with van der Waals surface area (Å²) in [6, 6.07) is 3.69. The quantitative estimate of drug-likeness (QED) is 0.613. The third-order valence-corrected chi connectivity index (χ3v) is 1.44. The molecule has 3 N–H and O–H groups in total. The average molecular weight is 167 g/mol. The van der Waals surface area contributed by atoms with Crippen molar-refractivity contribution in [2.75, 3.05) is 6.54 Å². The predicted molar refractivity (Wildman–Crippen MR) is 46.7 cm³/mol. The van der Waals surface area contributed by atoms with Crippen LogP contribution in [0.2, 0.25) is 0 Å². The Balaban J connectivity index is 2.22. The Hall–Kier alpha value is -1.45. The largest absolute Gasteiger partial charge is 0.364 e. The topological polar surface area (TPSA) is 56.9 Å². The summed E-state index contributed by atoms with van der Waals surface area (Å²) in [7, 11) is 0. The van der Waals surface area contributed by atoms with Crippen molar-refractivity contribution in [3.63, 3.8) is 0 Å². The standard InChI is InChI=1S/C8H13N3O/c1-2-9-8(12)11-6-7-4-3-5-10-7/h3-5,10H,2,6H2,1H3,(H2,9,11,12). The normalized spacial score (nSPS) is 9.42. The maximum absolute atomic E-state index is 10.9. The van der Waals surface area contributed by atoms with Crippen LogP contribution in [0.15, 0.2) is 18.3 Å². The third kappa shape index (κ3) is 2.65. The Labute approximate surface area is 71.4 Å². The molecule has 0 aliphatic heterocycles. The SMILES string of the molecule is CCNC(=O)NCc1ccc[nH]1. The van der Waals surface area contributed by atoms with E-state index in [-0.39, 0.29) is 6.03 Å². The number of aromatic nitrogens is 1. The van der Waals surface area contributed by atoms with E-state index in [1.807, 2.05) is 25.3 Å². The van der Waals surface area contributed by atoms with Crippen molar-refractivity contribution in [3.05, 3.63) is 24.0 Å². The molecule has 1 aromatic rings. The van der Waals surface area contributed by atoms with Crippen LogP contribution in [-0.4, -0.2) is 17.6 Å². The van der Waals surface area contributed by atoms with E-state index in [1.165, 1.54) is 0 Å². The van der Waals surface area contributed by atoms with Crippen LogP contribution in [0.1, 0.15) is 12.6 Å². The maximum atomic E-state index is 10.9. The lowest BCUT2D eigenvalue weighted by atomic mass is 10.4. The summed E-state index contributed by atoms with van der Waals surface area (Å²) in [5.74, 6) is 0. The molecule has 4 heteroatoms. The number of urea groups is 1. The smallest absolute Gasteiger partial charge is 0.315 e. The van der Waals surface area contributed by atoms with Gasteiger partial charge < -0.3 is 15.6 Å². The highest BCUT2D eigenvalue weighted by atomic mass is 16.2. The Kier molecular flexibility index (Phi) is 3.19. The second-order valence-corrected chi connectivity index (χ2v) is 2.41. The van der Waals surface area contributed by atoms with E-state index in [2.05, 4.69) is 15.6 Å². The molecule has 1 aromatic heterocycles. The fourth-order valence-electron chi connectivity index (χ4n) is 0.876. The number of carbonyl (C=O) groups excluding carboxylic acids is 1. The van der Waals surface area contributed by atoms with Gasteiger partial charge >= 0.3 is 6.03 Å². The molecule has 0 aliphatic rings. The fourth-order valence-corrected chi connectivity index (χ4v) is 0.876. The first-order valence-corrected chi connectivity index (χ1v) is 3.97. The Morgan fingerprint density at radius 1 is 1.58 bits per heavy atom. The Morgan fingerprint density at radius 3 is 3.00 bits per heavy atom. The summed E-state index contributed by atoms with van der Waals surface area (Å²) in [4.78, 5) is 13.9. The van der Waals surface area contributed by atoms with Crippen LogP contribution in [0.5, 0.6) is 0 Å². The molecule has 1 rings (SSSR count). The molecular formula is C8H13N3O. The van der Waals surface area contributed by atoms with Gasteiger partial charge in [-0.05, 0) is 19.1 Å². The molecular weight excluding hydrogens is 154 g/mol. The molecule has 66 valence electrons. The van der Waals surface area contributed by atoms with Crippen molar-refractivity contribution in [2.24, 2.45) is 0 Å².